The number of ether oxygens (including phenoxy) is 1. The Morgan fingerprint density at radius 1 is 0.879 bits per heavy atom. The van der Waals surface area contributed by atoms with Crippen LogP contribution < -0.4 is 5.32 Å². The van der Waals surface area contributed by atoms with Crippen molar-refractivity contribution in [3.05, 3.63) is 120 Å². The van der Waals surface area contributed by atoms with E-state index in [1.807, 2.05) is 61.5 Å². The van der Waals surface area contributed by atoms with Crippen LogP contribution >= 0.6 is 0 Å². The summed E-state index contributed by atoms with van der Waals surface area (Å²) in [6.07, 6.45) is 5.91. The molecule has 33 heavy (non-hydrogen) atoms. The van der Waals surface area contributed by atoms with Crippen molar-refractivity contribution in [2.45, 2.75) is 45.3 Å². The van der Waals surface area contributed by atoms with E-state index in [0.717, 1.165) is 24.0 Å². The van der Waals surface area contributed by atoms with E-state index in [-0.39, 0.29) is 23.8 Å². The highest BCUT2D eigenvalue weighted by molar-refractivity contribution is 5.80. The molecule has 0 saturated carbocycles. The van der Waals surface area contributed by atoms with E-state index in [4.69, 9.17) is 4.74 Å². The van der Waals surface area contributed by atoms with E-state index >= 15 is 0 Å². The number of allylic oxidation sites excluding steroid dienone is 1. The third-order valence-electron chi connectivity index (χ3n) is 5.94. The van der Waals surface area contributed by atoms with Crippen LogP contribution in [0.4, 0.5) is 0 Å². The summed E-state index contributed by atoms with van der Waals surface area (Å²) >= 11 is 0. The van der Waals surface area contributed by atoms with E-state index in [1.165, 1.54) is 5.56 Å². The lowest BCUT2D eigenvalue weighted by molar-refractivity contribution is -0.126. The van der Waals surface area contributed by atoms with Crippen molar-refractivity contribution >= 4 is 5.91 Å². The van der Waals surface area contributed by atoms with Crippen LogP contribution in [-0.2, 0) is 16.1 Å². The third-order valence-corrected chi connectivity index (χ3v) is 5.94. The second-order valence-corrected chi connectivity index (χ2v) is 8.35. The Morgan fingerprint density at radius 2 is 1.45 bits per heavy atom. The lowest BCUT2D eigenvalue weighted by Gasteiger charge is -2.25. The molecule has 172 valence electrons. The minimum Gasteiger partial charge on any atom is -0.376 e. The van der Waals surface area contributed by atoms with Gasteiger partial charge in [-0.2, -0.15) is 0 Å². The minimum atomic E-state index is -0.139. The average molecular weight is 442 g/mol. The molecule has 3 atom stereocenters. The number of benzene rings is 3. The number of hydrogen-bond acceptors (Lipinski definition) is 2. The van der Waals surface area contributed by atoms with Gasteiger partial charge in [0, 0.05) is 11.8 Å². The standard InChI is InChI=1S/C30H35NO2/c1-3-28(30(32)31-24(2)26-17-9-5-10-18-26)29(27-19-11-6-12-20-27)21-13-14-22-33-23-25-15-7-4-8-16-25/h4-13,15-21,24,28-29H,3,14,22-23H2,1-2H3,(H,31,32)/b21-13+/t24-,28+,29+/m1/s1. The van der Waals surface area contributed by atoms with Crippen LogP contribution in [0.1, 0.15) is 55.3 Å². The normalized spacial score (nSPS) is 14.0. The second-order valence-electron chi connectivity index (χ2n) is 8.35. The number of hydrogen-bond donors (Lipinski definition) is 1. The Hall–Kier alpha value is -3.17. The molecule has 0 aliphatic heterocycles. The van der Waals surface area contributed by atoms with Crippen LogP contribution in [-0.4, -0.2) is 12.5 Å². The van der Waals surface area contributed by atoms with Gasteiger partial charge in [-0.25, -0.2) is 0 Å². The fraction of sp³-hybridized carbons (Fsp3) is 0.300. The van der Waals surface area contributed by atoms with Crippen LogP contribution in [0.3, 0.4) is 0 Å². The summed E-state index contributed by atoms with van der Waals surface area (Å²) in [6.45, 7) is 5.40. The van der Waals surface area contributed by atoms with Crippen LogP contribution in [0, 0.1) is 5.92 Å². The molecule has 3 aromatic rings. The van der Waals surface area contributed by atoms with Gasteiger partial charge < -0.3 is 10.1 Å². The summed E-state index contributed by atoms with van der Waals surface area (Å²) in [7, 11) is 0. The predicted molar refractivity (Wildman–Crippen MR) is 136 cm³/mol. The van der Waals surface area contributed by atoms with E-state index in [0.29, 0.717) is 13.2 Å². The molecule has 0 radical (unpaired) electrons. The first-order chi connectivity index (χ1) is 16.2. The molecule has 0 heterocycles. The summed E-state index contributed by atoms with van der Waals surface area (Å²) in [6, 6.07) is 30.6. The largest absolute Gasteiger partial charge is 0.376 e. The van der Waals surface area contributed by atoms with Gasteiger partial charge in [-0.15, -0.1) is 0 Å². The molecule has 0 bridgehead atoms. The van der Waals surface area contributed by atoms with Crippen LogP contribution in [0.25, 0.3) is 0 Å². The van der Waals surface area contributed by atoms with Gasteiger partial charge in [-0.3, -0.25) is 4.79 Å². The van der Waals surface area contributed by atoms with Gasteiger partial charge in [0.05, 0.1) is 19.3 Å². The fourth-order valence-corrected chi connectivity index (χ4v) is 4.06. The topological polar surface area (TPSA) is 38.3 Å². The number of carbonyl (C=O) groups excluding carboxylic acids is 1. The lowest BCUT2D eigenvalue weighted by atomic mass is 9.83. The second kappa shape index (κ2) is 13.4. The molecule has 1 N–H and O–H groups in total. The molecule has 0 fully saturated rings. The van der Waals surface area contributed by atoms with E-state index in [2.05, 4.69) is 60.8 Å². The van der Waals surface area contributed by atoms with Gasteiger partial charge in [-0.1, -0.05) is 110 Å². The van der Waals surface area contributed by atoms with Gasteiger partial charge in [-0.05, 0) is 36.5 Å². The van der Waals surface area contributed by atoms with Gasteiger partial charge in [0.1, 0.15) is 0 Å². The van der Waals surface area contributed by atoms with Crippen molar-refractivity contribution in [2.75, 3.05) is 6.61 Å². The molecule has 0 saturated heterocycles. The van der Waals surface area contributed by atoms with Gasteiger partial charge in [0.25, 0.3) is 0 Å². The van der Waals surface area contributed by atoms with Crippen LogP contribution in [0.5, 0.6) is 0 Å². The molecule has 3 nitrogen and oxygen atoms in total. The maximum Gasteiger partial charge on any atom is 0.224 e. The number of rotatable bonds is 12. The highest BCUT2D eigenvalue weighted by Gasteiger charge is 2.27. The van der Waals surface area contributed by atoms with Crippen molar-refractivity contribution in [1.82, 2.24) is 5.32 Å². The van der Waals surface area contributed by atoms with Crippen molar-refractivity contribution in [3.8, 4) is 0 Å². The zero-order chi connectivity index (χ0) is 23.3. The summed E-state index contributed by atoms with van der Waals surface area (Å²) in [4.78, 5) is 13.3. The maximum absolute atomic E-state index is 13.3. The molecule has 3 rings (SSSR count). The van der Waals surface area contributed by atoms with Gasteiger partial charge in [0.15, 0.2) is 0 Å². The minimum absolute atomic E-state index is 0.0216. The molecule has 1 amide bonds. The van der Waals surface area contributed by atoms with Crippen molar-refractivity contribution in [3.63, 3.8) is 0 Å². The number of amides is 1. The highest BCUT2D eigenvalue weighted by atomic mass is 16.5. The highest BCUT2D eigenvalue weighted by Crippen LogP contribution is 2.30. The van der Waals surface area contributed by atoms with E-state index in [1.54, 1.807) is 0 Å². The molecule has 0 spiro atoms. The first kappa shape index (κ1) is 24.5. The smallest absolute Gasteiger partial charge is 0.224 e. The Morgan fingerprint density at radius 3 is 2.06 bits per heavy atom. The fourth-order valence-electron chi connectivity index (χ4n) is 4.06. The molecule has 0 unspecified atom stereocenters. The summed E-state index contributed by atoms with van der Waals surface area (Å²) in [5.74, 6) is -0.0268. The van der Waals surface area contributed by atoms with Gasteiger partial charge >= 0.3 is 0 Å². The summed E-state index contributed by atoms with van der Waals surface area (Å²) < 4.78 is 5.81. The Kier molecular flexibility index (Phi) is 9.93. The Bertz CT molecular complexity index is 970. The maximum atomic E-state index is 13.3. The molecule has 0 aromatic heterocycles. The first-order valence-electron chi connectivity index (χ1n) is 11.9. The van der Waals surface area contributed by atoms with Gasteiger partial charge in [0.2, 0.25) is 5.91 Å². The molecular weight excluding hydrogens is 406 g/mol. The zero-order valence-corrected chi connectivity index (χ0v) is 19.7. The van der Waals surface area contributed by atoms with E-state index < -0.39 is 0 Å². The predicted octanol–water partition coefficient (Wildman–Crippen LogP) is 6.84. The summed E-state index contributed by atoms with van der Waals surface area (Å²) in [5, 5.41) is 3.23. The molecule has 3 heteroatoms. The number of nitrogens with one attached hydrogen (secondary N) is 1. The molecular formula is C30H35NO2. The zero-order valence-electron chi connectivity index (χ0n) is 19.7. The number of carbonyl (C=O) groups is 1. The first-order valence-corrected chi connectivity index (χ1v) is 11.9. The van der Waals surface area contributed by atoms with Crippen LogP contribution in [0.15, 0.2) is 103 Å². The Labute approximate surface area is 198 Å². The lowest BCUT2D eigenvalue weighted by Crippen LogP contribution is -2.35. The van der Waals surface area contributed by atoms with Crippen molar-refractivity contribution < 1.29 is 9.53 Å². The summed E-state index contributed by atoms with van der Waals surface area (Å²) in [5.41, 5.74) is 3.45. The molecule has 3 aromatic carbocycles. The third kappa shape index (κ3) is 7.73. The Balaban J connectivity index is 1.63. The van der Waals surface area contributed by atoms with Crippen LogP contribution in [0.2, 0.25) is 0 Å². The van der Waals surface area contributed by atoms with E-state index in [9.17, 15) is 4.79 Å². The monoisotopic (exact) mass is 441 g/mol. The van der Waals surface area contributed by atoms with Crippen molar-refractivity contribution in [1.29, 1.82) is 0 Å². The quantitative estimate of drug-likeness (QED) is 0.247. The molecule has 0 aliphatic carbocycles. The average Bonchev–Trinajstić information content (AvgIpc) is 2.87. The van der Waals surface area contributed by atoms with Crippen molar-refractivity contribution in [2.24, 2.45) is 5.92 Å². The molecule has 0 aliphatic rings. The SMILES string of the molecule is CC[C@H](C(=O)N[C@H](C)c1ccccc1)[C@@H](/C=C/CCOCc1ccccc1)c1ccccc1.